The summed E-state index contributed by atoms with van der Waals surface area (Å²) < 4.78 is 2.26. The second kappa shape index (κ2) is 6.81. The summed E-state index contributed by atoms with van der Waals surface area (Å²) in [6.45, 7) is 3.87. The number of aryl methyl sites for hydroxylation is 1. The van der Waals surface area contributed by atoms with Gasteiger partial charge in [0.1, 0.15) is 5.82 Å². The van der Waals surface area contributed by atoms with Gasteiger partial charge in [0, 0.05) is 19.1 Å². The fourth-order valence-corrected chi connectivity index (χ4v) is 4.35. The normalized spacial score (nSPS) is 20.1. The van der Waals surface area contributed by atoms with Gasteiger partial charge in [-0.1, -0.05) is 31.0 Å². The Labute approximate surface area is 130 Å². The molecule has 1 saturated carbocycles. The second-order valence-electron chi connectivity index (χ2n) is 6.07. The first-order chi connectivity index (χ1) is 10.3. The molecule has 2 aliphatic rings. The standard InChI is InChI=1S/C15H24N4OS/c1-12-16-17-15(19(12)13-7-3-2-4-8-13)21-11-14(20)18-9-5-6-10-18/h13H,2-11H2,1H3. The van der Waals surface area contributed by atoms with Crippen molar-refractivity contribution in [3.63, 3.8) is 0 Å². The Hall–Kier alpha value is -1.04. The summed E-state index contributed by atoms with van der Waals surface area (Å²) in [6, 6.07) is 0.526. The largest absolute Gasteiger partial charge is 0.342 e. The molecule has 1 aromatic heterocycles. The van der Waals surface area contributed by atoms with Gasteiger partial charge in [-0.25, -0.2) is 0 Å². The van der Waals surface area contributed by atoms with E-state index in [1.807, 2.05) is 11.8 Å². The molecule has 6 heteroatoms. The summed E-state index contributed by atoms with van der Waals surface area (Å²) in [7, 11) is 0. The van der Waals surface area contributed by atoms with Crippen molar-refractivity contribution in [2.45, 2.75) is 63.1 Å². The van der Waals surface area contributed by atoms with Gasteiger partial charge in [-0.3, -0.25) is 4.79 Å². The van der Waals surface area contributed by atoms with Gasteiger partial charge in [0.25, 0.3) is 0 Å². The summed E-state index contributed by atoms with van der Waals surface area (Å²) >= 11 is 1.55. The molecule has 116 valence electrons. The van der Waals surface area contributed by atoms with E-state index in [4.69, 9.17) is 0 Å². The van der Waals surface area contributed by atoms with Crippen LogP contribution in [0.5, 0.6) is 0 Å². The number of hydrogen-bond donors (Lipinski definition) is 0. The van der Waals surface area contributed by atoms with Gasteiger partial charge in [-0.2, -0.15) is 0 Å². The van der Waals surface area contributed by atoms with E-state index < -0.39 is 0 Å². The fourth-order valence-electron chi connectivity index (χ4n) is 3.39. The number of amides is 1. The number of thioether (sulfide) groups is 1. The molecule has 0 N–H and O–H groups in total. The minimum Gasteiger partial charge on any atom is -0.342 e. The third kappa shape index (κ3) is 3.42. The van der Waals surface area contributed by atoms with Crippen LogP contribution in [-0.2, 0) is 4.79 Å². The van der Waals surface area contributed by atoms with Crippen molar-refractivity contribution in [2.75, 3.05) is 18.8 Å². The number of rotatable bonds is 4. The minimum absolute atomic E-state index is 0.244. The van der Waals surface area contributed by atoms with E-state index >= 15 is 0 Å². The number of carbonyl (C=O) groups excluding carboxylic acids is 1. The van der Waals surface area contributed by atoms with Gasteiger partial charge in [-0.15, -0.1) is 10.2 Å². The number of nitrogens with zero attached hydrogens (tertiary/aromatic N) is 4. The van der Waals surface area contributed by atoms with Crippen molar-refractivity contribution in [1.29, 1.82) is 0 Å². The summed E-state index contributed by atoms with van der Waals surface area (Å²) in [4.78, 5) is 14.1. The Balaban J connectivity index is 1.63. The van der Waals surface area contributed by atoms with Crippen molar-refractivity contribution >= 4 is 17.7 Å². The molecule has 2 fully saturated rings. The van der Waals surface area contributed by atoms with Gasteiger partial charge in [-0.05, 0) is 32.6 Å². The monoisotopic (exact) mass is 308 g/mol. The van der Waals surface area contributed by atoms with Gasteiger partial charge in [0.2, 0.25) is 5.91 Å². The Bertz CT molecular complexity index is 490. The van der Waals surface area contributed by atoms with Crippen LogP contribution in [0.15, 0.2) is 5.16 Å². The quantitative estimate of drug-likeness (QED) is 0.803. The fraction of sp³-hybridized carbons (Fsp3) is 0.800. The second-order valence-corrected chi connectivity index (χ2v) is 7.01. The van der Waals surface area contributed by atoms with Gasteiger partial charge >= 0.3 is 0 Å². The molecule has 0 unspecified atom stereocenters. The first-order valence-electron chi connectivity index (χ1n) is 8.08. The summed E-state index contributed by atoms with van der Waals surface area (Å²) in [5.41, 5.74) is 0. The number of carbonyl (C=O) groups is 1. The van der Waals surface area contributed by atoms with Crippen LogP contribution in [0.2, 0.25) is 0 Å². The predicted molar refractivity (Wildman–Crippen MR) is 83.4 cm³/mol. The van der Waals surface area contributed by atoms with Crippen LogP contribution in [0.25, 0.3) is 0 Å². The van der Waals surface area contributed by atoms with Crippen molar-refractivity contribution in [1.82, 2.24) is 19.7 Å². The average molecular weight is 308 g/mol. The smallest absolute Gasteiger partial charge is 0.233 e. The lowest BCUT2D eigenvalue weighted by Crippen LogP contribution is -2.29. The lowest BCUT2D eigenvalue weighted by atomic mass is 9.95. The van der Waals surface area contributed by atoms with E-state index in [0.29, 0.717) is 11.8 Å². The topological polar surface area (TPSA) is 51.0 Å². The number of aromatic nitrogens is 3. The molecule has 0 aromatic carbocycles. The molecule has 1 amide bonds. The molecule has 2 heterocycles. The molecule has 0 spiro atoms. The Kier molecular flexibility index (Phi) is 4.83. The molecule has 1 saturated heterocycles. The first kappa shape index (κ1) is 14.9. The zero-order chi connectivity index (χ0) is 14.7. The lowest BCUT2D eigenvalue weighted by molar-refractivity contribution is -0.127. The van der Waals surface area contributed by atoms with Gasteiger partial charge in [0.15, 0.2) is 5.16 Å². The molecule has 1 aromatic rings. The first-order valence-corrected chi connectivity index (χ1v) is 9.06. The highest BCUT2D eigenvalue weighted by atomic mass is 32.2. The summed E-state index contributed by atoms with van der Waals surface area (Å²) in [5.74, 6) is 1.72. The zero-order valence-corrected chi connectivity index (χ0v) is 13.6. The summed E-state index contributed by atoms with van der Waals surface area (Å²) in [5, 5.41) is 9.45. The van der Waals surface area contributed by atoms with E-state index in [9.17, 15) is 4.79 Å². The SMILES string of the molecule is Cc1nnc(SCC(=O)N2CCCC2)n1C1CCCCC1. The maximum absolute atomic E-state index is 12.2. The van der Waals surface area contributed by atoms with E-state index in [2.05, 4.69) is 14.8 Å². The minimum atomic E-state index is 0.244. The molecule has 1 aliphatic heterocycles. The van der Waals surface area contributed by atoms with Crippen molar-refractivity contribution in [3.8, 4) is 0 Å². The van der Waals surface area contributed by atoms with Crippen LogP contribution >= 0.6 is 11.8 Å². The molecule has 21 heavy (non-hydrogen) atoms. The number of likely N-dealkylation sites (tertiary alicyclic amines) is 1. The third-order valence-electron chi connectivity index (χ3n) is 4.56. The molecular weight excluding hydrogens is 284 g/mol. The van der Waals surface area contributed by atoms with Crippen LogP contribution < -0.4 is 0 Å². The third-order valence-corrected chi connectivity index (χ3v) is 5.49. The predicted octanol–water partition coefficient (Wildman–Crippen LogP) is 2.81. The van der Waals surface area contributed by atoms with Crippen LogP contribution in [0.1, 0.15) is 56.8 Å². The summed E-state index contributed by atoms with van der Waals surface area (Å²) in [6.07, 6.45) is 8.65. The van der Waals surface area contributed by atoms with Crippen molar-refractivity contribution in [3.05, 3.63) is 5.82 Å². The molecule has 3 rings (SSSR count). The van der Waals surface area contributed by atoms with Crippen LogP contribution in [0.4, 0.5) is 0 Å². The Morgan fingerprint density at radius 3 is 2.57 bits per heavy atom. The molecule has 0 radical (unpaired) electrons. The zero-order valence-electron chi connectivity index (χ0n) is 12.8. The Morgan fingerprint density at radius 1 is 1.14 bits per heavy atom. The highest BCUT2D eigenvalue weighted by Gasteiger charge is 2.23. The van der Waals surface area contributed by atoms with Gasteiger partial charge in [0.05, 0.1) is 5.75 Å². The van der Waals surface area contributed by atoms with Crippen LogP contribution in [0.3, 0.4) is 0 Å². The molecular formula is C15H24N4OS. The molecule has 0 atom stereocenters. The van der Waals surface area contributed by atoms with Crippen LogP contribution in [-0.4, -0.2) is 44.4 Å². The van der Waals surface area contributed by atoms with Crippen LogP contribution in [0, 0.1) is 6.92 Å². The highest BCUT2D eigenvalue weighted by molar-refractivity contribution is 7.99. The maximum Gasteiger partial charge on any atom is 0.233 e. The van der Waals surface area contributed by atoms with E-state index in [0.717, 1.165) is 36.9 Å². The molecule has 5 nitrogen and oxygen atoms in total. The van der Waals surface area contributed by atoms with E-state index in [-0.39, 0.29) is 5.91 Å². The average Bonchev–Trinajstić information content (AvgIpc) is 3.15. The van der Waals surface area contributed by atoms with E-state index in [1.54, 1.807) is 11.8 Å². The van der Waals surface area contributed by atoms with E-state index in [1.165, 1.54) is 32.1 Å². The van der Waals surface area contributed by atoms with Crippen molar-refractivity contribution in [2.24, 2.45) is 0 Å². The van der Waals surface area contributed by atoms with Crippen molar-refractivity contribution < 1.29 is 4.79 Å². The highest BCUT2D eigenvalue weighted by Crippen LogP contribution is 2.32. The number of hydrogen-bond acceptors (Lipinski definition) is 4. The van der Waals surface area contributed by atoms with Gasteiger partial charge < -0.3 is 9.47 Å². The maximum atomic E-state index is 12.2. The Morgan fingerprint density at radius 2 is 1.86 bits per heavy atom. The molecule has 0 bridgehead atoms. The molecule has 1 aliphatic carbocycles. The lowest BCUT2D eigenvalue weighted by Gasteiger charge is -2.25.